The third-order valence-electron chi connectivity index (χ3n) is 5.86. The van der Waals surface area contributed by atoms with E-state index in [1.807, 2.05) is 55.6 Å². The molecule has 0 N–H and O–H groups in total. The SMILES string of the molecule is CCCCOc1ccc(C2C(C(=O)OCC(C)C)=C(C)N=c3s/c(=C\c4cccs4)c(=O)n32)cc1OC. The van der Waals surface area contributed by atoms with Crippen molar-refractivity contribution in [2.24, 2.45) is 10.9 Å². The zero-order chi connectivity index (χ0) is 26.5. The molecule has 0 fully saturated rings. The summed E-state index contributed by atoms with van der Waals surface area (Å²) < 4.78 is 19.3. The summed E-state index contributed by atoms with van der Waals surface area (Å²) in [6.45, 7) is 8.71. The summed E-state index contributed by atoms with van der Waals surface area (Å²) in [5.41, 5.74) is 1.39. The van der Waals surface area contributed by atoms with Crippen molar-refractivity contribution in [1.82, 2.24) is 4.57 Å². The van der Waals surface area contributed by atoms with Gasteiger partial charge in [0.25, 0.3) is 5.56 Å². The summed E-state index contributed by atoms with van der Waals surface area (Å²) in [7, 11) is 1.58. The molecule has 3 aromatic rings. The molecule has 1 aromatic carbocycles. The fourth-order valence-electron chi connectivity index (χ4n) is 4.02. The number of carbonyl (C=O) groups is 1. The van der Waals surface area contributed by atoms with Gasteiger partial charge in [0.1, 0.15) is 0 Å². The van der Waals surface area contributed by atoms with Crippen molar-refractivity contribution >= 4 is 34.7 Å². The number of allylic oxidation sites excluding steroid dienone is 1. The fourth-order valence-corrected chi connectivity index (χ4v) is 5.79. The van der Waals surface area contributed by atoms with Crippen LogP contribution in [0, 0.1) is 5.92 Å². The second-order valence-electron chi connectivity index (χ2n) is 9.20. The first-order valence-corrected chi connectivity index (χ1v) is 14.1. The summed E-state index contributed by atoms with van der Waals surface area (Å²) in [6, 6.07) is 8.73. The van der Waals surface area contributed by atoms with Crippen LogP contribution in [0.2, 0.25) is 0 Å². The number of benzene rings is 1. The Hall–Kier alpha value is -3.17. The van der Waals surface area contributed by atoms with Crippen LogP contribution < -0.4 is 24.4 Å². The van der Waals surface area contributed by atoms with Crippen LogP contribution in [0.1, 0.15) is 57.0 Å². The molecule has 0 saturated carbocycles. The molecule has 1 atom stereocenters. The van der Waals surface area contributed by atoms with Gasteiger partial charge in [-0.1, -0.05) is 50.7 Å². The molecular weight excluding hydrogens is 508 g/mol. The molecule has 9 heteroatoms. The number of esters is 1. The van der Waals surface area contributed by atoms with Crippen LogP contribution in [0.15, 0.2) is 56.8 Å². The lowest BCUT2D eigenvalue weighted by molar-refractivity contribution is -0.140. The van der Waals surface area contributed by atoms with Gasteiger partial charge in [-0.05, 0) is 54.5 Å². The van der Waals surface area contributed by atoms with Gasteiger partial charge in [-0.3, -0.25) is 9.36 Å². The average molecular weight is 541 g/mol. The molecule has 196 valence electrons. The topological polar surface area (TPSA) is 79.1 Å². The number of hydrogen-bond donors (Lipinski definition) is 0. The highest BCUT2D eigenvalue weighted by Gasteiger charge is 2.34. The summed E-state index contributed by atoms with van der Waals surface area (Å²) in [5, 5.41) is 1.97. The van der Waals surface area contributed by atoms with Crippen LogP contribution in [0.3, 0.4) is 0 Å². The fraction of sp³-hybridized carbons (Fsp3) is 0.393. The number of thiazole rings is 1. The van der Waals surface area contributed by atoms with E-state index in [-0.39, 0.29) is 18.1 Å². The Balaban J connectivity index is 1.86. The smallest absolute Gasteiger partial charge is 0.338 e. The van der Waals surface area contributed by atoms with E-state index in [0.717, 1.165) is 17.7 Å². The van der Waals surface area contributed by atoms with E-state index >= 15 is 0 Å². The van der Waals surface area contributed by atoms with Crippen molar-refractivity contribution in [2.75, 3.05) is 20.3 Å². The normalized spacial score (nSPS) is 15.5. The molecule has 0 saturated heterocycles. The van der Waals surface area contributed by atoms with Crippen LogP contribution in [-0.4, -0.2) is 30.9 Å². The highest BCUT2D eigenvalue weighted by Crippen LogP contribution is 2.36. The Morgan fingerprint density at radius 1 is 1.24 bits per heavy atom. The molecule has 1 aliphatic heterocycles. The van der Waals surface area contributed by atoms with Crippen molar-refractivity contribution in [2.45, 2.75) is 46.6 Å². The molecule has 7 nitrogen and oxygen atoms in total. The Morgan fingerprint density at radius 2 is 2.05 bits per heavy atom. The predicted octanol–water partition coefficient (Wildman–Crippen LogP) is 4.68. The van der Waals surface area contributed by atoms with E-state index in [1.165, 1.54) is 11.3 Å². The largest absolute Gasteiger partial charge is 0.493 e. The Bertz CT molecular complexity index is 1460. The van der Waals surface area contributed by atoms with E-state index in [9.17, 15) is 9.59 Å². The van der Waals surface area contributed by atoms with Gasteiger partial charge in [-0.25, -0.2) is 9.79 Å². The molecule has 37 heavy (non-hydrogen) atoms. The minimum Gasteiger partial charge on any atom is -0.493 e. The lowest BCUT2D eigenvalue weighted by Crippen LogP contribution is -2.40. The summed E-state index contributed by atoms with van der Waals surface area (Å²) in [4.78, 5) is 33.3. The van der Waals surface area contributed by atoms with Crippen molar-refractivity contribution in [3.8, 4) is 11.5 Å². The number of fused-ring (bicyclic) bond motifs is 1. The van der Waals surface area contributed by atoms with Gasteiger partial charge in [0.15, 0.2) is 16.3 Å². The summed E-state index contributed by atoms with van der Waals surface area (Å²) >= 11 is 2.87. The third kappa shape index (κ3) is 5.88. The first-order chi connectivity index (χ1) is 17.8. The van der Waals surface area contributed by atoms with Crippen LogP contribution in [0.25, 0.3) is 6.08 Å². The Labute approximate surface area is 224 Å². The Morgan fingerprint density at radius 3 is 2.73 bits per heavy atom. The molecule has 4 rings (SSSR count). The van der Waals surface area contributed by atoms with Crippen LogP contribution in [0.4, 0.5) is 0 Å². The van der Waals surface area contributed by atoms with Crippen molar-refractivity contribution in [3.63, 3.8) is 0 Å². The lowest BCUT2D eigenvalue weighted by Gasteiger charge is -2.25. The lowest BCUT2D eigenvalue weighted by atomic mass is 9.95. The number of carbonyl (C=O) groups excluding carboxylic acids is 1. The molecule has 0 aliphatic carbocycles. The molecule has 3 heterocycles. The number of aromatic nitrogens is 1. The van der Waals surface area contributed by atoms with Gasteiger partial charge >= 0.3 is 5.97 Å². The number of thiophene rings is 1. The zero-order valence-electron chi connectivity index (χ0n) is 21.8. The molecule has 1 unspecified atom stereocenters. The first kappa shape index (κ1) is 26.9. The molecule has 1 aliphatic rings. The van der Waals surface area contributed by atoms with Crippen LogP contribution in [0.5, 0.6) is 11.5 Å². The standard InChI is InChI=1S/C28H32N2O5S2/c1-6-7-12-34-21-11-10-19(14-22(21)33-5)25-24(27(32)35-16-17(2)3)18(4)29-28-30(25)26(31)23(37-28)15-20-9-8-13-36-20/h8-11,13-15,17,25H,6-7,12,16H2,1-5H3/b23-15-. The highest BCUT2D eigenvalue weighted by atomic mass is 32.1. The summed E-state index contributed by atoms with van der Waals surface area (Å²) in [5.74, 6) is 0.859. The maximum atomic E-state index is 13.7. The number of rotatable bonds is 10. The van der Waals surface area contributed by atoms with Crippen molar-refractivity contribution < 1.29 is 19.0 Å². The average Bonchev–Trinajstić information content (AvgIpc) is 3.50. The number of methoxy groups -OCH3 is 1. The van der Waals surface area contributed by atoms with E-state index in [4.69, 9.17) is 14.2 Å². The van der Waals surface area contributed by atoms with Gasteiger partial charge in [0.05, 0.1) is 42.2 Å². The molecule has 0 amide bonds. The number of ether oxygens (including phenoxy) is 3. The number of hydrogen-bond acceptors (Lipinski definition) is 8. The van der Waals surface area contributed by atoms with Gasteiger partial charge in [-0.15, -0.1) is 11.3 Å². The van der Waals surface area contributed by atoms with Gasteiger partial charge < -0.3 is 14.2 Å². The first-order valence-electron chi connectivity index (χ1n) is 12.4. The predicted molar refractivity (Wildman–Crippen MR) is 147 cm³/mol. The second kappa shape index (κ2) is 11.9. The highest BCUT2D eigenvalue weighted by molar-refractivity contribution is 7.11. The molecule has 2 aromatic heterocycles. The van der Waals surface area contributed by atoms with Gasteiger partial charge in [0, 0.05) is 4.88 Å². The minimum absolute atomic E-state index is 0.176. The minimum atomic E-state index is -0.708. The van der Waals surface area contributed by atoms with Gasteiger partial charge in [-0.2, -0.15) is 0 Å². The molecule has 0 bridgehead atoms. The quantitative estimate of drug-likeness (QED) is 0.276. The second-order valence-corrected chi connectivity index (χ2v) is 11.2. The number of nitrogens with zero attached hydrogens (tertiary/aromatic N) is 2. The third-order valence-corrected chi connectivity index (χ3v) is 7.67. The van der Waals surface area contributed by atoms with E-state index in [0.29, 0.717) is 44.3 Å². The van der Waals surface area contributed by atoms with E-state index in [2.05, 4.69) is 11.9 Å². The van der Waals surface area contributed by atoms with E-state index in [1.54, 1.807) is 29.9 Å². The molecule has 0 radical (unpaired) electrons. The van der Waals surface area contributed by atoms with Gasteiger partial charge in [0.2, 0.25) is 0 Å². The molecular formula is C28H32N2O5S2. The number of unbranched alkanes of at least 4 members (excludes halogenated alkanes) is 1. The summed E-state index contributed by atoms with van der Waals surface area (Å²) in [6.07, 6.45) is 3.82. The van der Waals surface area contributed by atoms with E-state index < -0.39 is 12.0 Å². The zero-order valence-corrected chi connectivity index (χ0v) is 23.4. The Kier molecular flexibility index (Phi) is 8.66. The van der Waals surface area contributed by atoms with Crippen LogP contribution >= 0.6 is 22.7 Å². The maximum Gasteiger partial charge on any atom is 0.338 e. The van der Waals surface area contributed by atoms with Crippen LogP contribution in [-0.2, 0) is 9.53 Å². The maximum absolute atomic E-state index is 13.7. The van der Waals surface area contributed by atoms with Crippen molar-refractivity contribution in [1.29, 1.82) is 0 Å². The van der Waals surface area contributed by atoms with Crippen molar-refractivity contribution in [3.05, 3.63) is 77.1 Å². The molecule has 0 spiro atoms. The monoisotopic (exact) mass is 540 g/mol.